The molecule has 120 valence electrons. The highest BCUT2D eigenvalue weighted by atomic mass is 35.5. The van der Waals surface area contributed by atoms with Crippen LogP contribution in [0.2, 0.25) is 5.02 Å². The molecule has 6 heteroatoms. The van der Waals surface area contributed by atoms with E-state index < -0.39 is 0 Å². The maximum Gasteiger partial charge on any atom is 0.193 e. The molecule has 1 aromatic rings. The SMILES string of the molecule is CN1CCCN=C1NCc1cc(Cl)ccc1N1CCOCC1. The molecular formula is C16H23ClN4O. The lowest BCUT2D eigenvalue weighted by atomic mass is 10.1. The number of hydrogen-bond donors (Lipinski definition) is 1. The molecule has 0 spiro atoms. The predicted molar refractivity (Wildman–Crippen MR) is 90.9 cm³/mol. The van der Waals surface area contributed by atoms with E-state index in [9.17, 15) is 0 Å². The van der Waals surface area contributed by atoms with Crippen LogP contribution in [0.3, 0.4) is 0 Å². The number of halogens is 1. The van der Waals surface area contributed by atoms with Crippen molar-refractivity contribution < 1.29 is 4.74 Å². The summed E-state index contributed by atoms with van der Waals surface area (Å²) in [5.74, 6) is 0.971. The van der Waals surface area contributed by atoms with Gasteiger partial charge in [-0.3, -0.25) is 4.99 Å². The van der Waals surface area contributed by atoms with Gasteiger partial charge in [-0.15, -0.1) is 0 Å². The Labute approximate surface area is 136 Å². The van der Waals surface area contributed by atoms with Crippen LogP contribution in [0.15, 0.2) is 23.2 Å². The molecule has 1 N–H and O–H groups in total. The molecule has 0 atom stereocenters. The first kappa shape index (κ1) is 15.4. The molecule has 0 aliphatic carbocycles. The molecule has 0 unspecified atom stereocenters. The Morgan fingerprint density at radius 2 is 2.09 bits per heavy atom. The van der Waals surface area contributed by atoms with E-state index in [2.05, 4.69) is 33.2 Å². The van der Waals surface area contributed by atoms with E-state index >= 15 is 0 Å². The van der Waals surface area contributed by atoms with Gasteiger partial charge in [0.1, 0.15) is 0 Å². The topological polar surface area (TPSA) is 40.1 Å². The number of rotatable bonds is 3. The average Bonchev–Trinajstić information content (AvgIpc) is 2.55. The monoisotopic (exact) mass is 322 g/mol. The molecule has 2 aliphatic rings. The summed E-state index contributed by atoms with van der Waals surface area (Å²) in [4.78, 5) is 9.09. The minimum absolute atomic E-state index is 0.733. The van der Waals surface area contributed by atoms with Crippen molar-refractivity contribution in [3.05, 3.63) is 28.8 Å². The number of anilines is 1. The van der Waals surface area contributed by atoms with Crippen molar-refractivity contribution in [3.8, 4) is 0 Å². The van der Waals surface area contributed by atoms with Gasteiger partial charge in [0, 0.05) is 50.5 Å². The van der Waals surface area contributed by atoms with Crippen molar-refractivity contribution in [1.29, 1.82) is 0 Å². The zero-order chi connectivity index (χ0) is 15.4. The van der Waals surface area contributed by atoms with Crippen molar-refractivity contribution in [2.45, 2.75) is 13.0 Å². The van der Waals surface area contributed by atoms with Gasteiger partial charge >= 0.3 is 0 Å². The Morgan fingerprint density at radius 1 is 1.27 bits per heavy atom. The highest BCUT2D eigenvalue weighted by molar-refractivity contribution is 6.30. The van der Waals surface area contributed by atoms with Crippen LogP contribution in [0.4, 0.5) is 5.69 Å². The van der Waals surface area contributed by atoms with Crippen LogP contribution in [0, 0.1) is 0 Å². The molecule has 0 radical (unpaired) electrons. The van der Waals surface area contributed by atoms with E-state index in [0.29, 0.717) is 0 Å². The van der Waals surface area contributed by atoms with Crippen LogP contribution in [-0.4, -0.2) is 57.3 Å². The molecule has 0 bridgehead atoms. The van der Waals surface area contributed by atoms with Crippen LogP contribution in [0.1, 0.15) is 12.0 Å². The highest BCUT2D eigenvalue weighted by Crippen LogP contribution is 2.25. The number of nitrogens with zero attached hydrogens (tertiary/aromatic N) is 3. The number of nitrogens with one attached hydrogen (secondary N) is 1. The number of benzene rings is 1. The third-order valence-electron chi connectivity index (χ3n) is 4.11. The smallest absolute Gasteiger partial charge is 0.193 e. The zero-order valence-corrected chi connectivity index (χ0v) is 13.8. The maximum atomic E-state index is 6.19. The second kappa shape index (κ2) is 7.20. The second-order valence-corrected chi connectivity index (χ2v) is 6.14. The Bertz CT molecular complexity index is 543. The standard InChI is InChI=1S/C16H23ClN4O/c1-20-6-2-5-18-16(20)19-12-13-11-14(17)3-4-15(13)21-7-9-22-10-8-21/h3-4,11H,2,5-10,12H2,1H3,(H,18,19). The number of ether oxygens (including phenoxy) is 1. The van der Waals surface area contributed by atoms with Crippen molar-refractivity contribution in [3.63, 3.8) is 0 Å². The first-order valence-corrected chi connectivity index (χ1v) is 8.22. The fourth-order valence-electron chi connectivity index (χ4n) is 2.89. The first-order valence-electron chi connectivity index (χ1n) is 7.84. The first-order chi connectivity index (χ1) is 10.7. The van der Waals surface area contributed by atoms with Gasteiger partial charge in [0.2, 0.25) is 0 Å². The number of guanidine groups is 1. The van der Waals surface area contributed by atoms with Crippen molar-refractivity contribution in [2.75, 3.05) is 51.3 Å². The molecule has 2 heterocycles. The number of hydrogen-bond acceptors (Lipinski definition) is 5. The van der Waals surface area contributed by atoms with Crippen molar-refractivity contribution >= 4 is 23.2 Å². The zero-order valence-electron chi connectivity index (χ0n) is 13.0. The molecule has 0 aromatic heterocycles. The fourth-order valence-corrected chi connectivity index (χ4v) is 3.09. The fraction of sp³-hybridized carbons (Fsp3) is 0.562. The molecule has 0 saturated carbocycles. The van der Waals surface area contributed by atoms with E-state index in [0.717, 1.165) is 63.3 Å². The van der Waals surface area contributed by atoms with Gasteiger partial charge in [-0.2, -0.15) is 0 Å². The molecule has 1 fully saturated rings. The number of aliphatic imine (C=N–C) groups is 1. The molecule has 5 nitrogen and oxygen atoms in total. The lowest BCUT2D eigenvalue weighted by molar-refractivity contribution is 0.122. The Kier molecular flexibility index (Phi) is 5.05. The third kappa shape index (κ3) is 3.65. The molecular weight excluding hydrogens is 300 g/mol. The largest absolute Gasteiger partial charge is 0.378 e. The summed E-state index contributed by atoms with van der Waals surface area (Å²) >= 11 is 6.19. The molecule has 2 aliphatic heterocycles. The van der Waals surface area contributed by atoms with Crippen LogP contribution in [-0.2, 0) is 11.3 Å². The summed E-state index contributed by atoms with van der Waals surface area (Å²) < 4.78 is 5.44. The summed E-state index contributed by atoms with van der Waals surface area (Å²) in [6.07, 6.45) is 1.12. The quantitative estimate of drug-likeness (QED) is 0.923. The summed E-state index contributed by atoms with van der Waals surface area (Å²) in [6, 6.07) is 6.11. The van der Waals surface area contributed by atoms with Crippen molar-refractivity contribution in [1.82, 2.24) is 10.2 Å². The van der Waals surface area contributed by atoms with E-state index in [-0.39, 0.29) is 0 Å². The van der Waals surface area contributed by atoms with Crippen LogP contribution < -0.4 is 10.2 Å². The molecule has 1 aromatic carbocycles. The Morgan fingerprint density at radius 3 is 2.86 bits per heavy atom. The van der Waals surface area contributed by atoms with Gasteiger partial charge in [-0.1, -0.05) is 11.6 Å². The highest BCUT2D eigenvalue weighted by Gasteiger charge is 2.16. The molecule has 1 saturated heterocycles. The Hall–Kier alpha value is -1.46. The van der Waals surface area contributed by atoms with E-state index in [1.165, 1.54) is 11.3 Å². The van der Waals surface area contributed by atoms with Gasteiger partial charge in [-0.05, 0) is 30.2 Å². The van der Waals surface area contributed by atoms with Gasteiger partial charge in [0.25, 0.3) is 0 Å². The predicted octanol–water partition coefficient (Wildman–Crippen LogP) is 1.96. The van der Waals surface area contributed by atoms with Gasteiger partial charge < -0.3 is 19.9 Å². The van der Waals surface area contributed by atoms with E-state index in [1.54, 1.807) is 0 Å². The summed E-state index contributed by atoms with van der Waals surface area (Å²) in [7, 11) is 2.08. The number of morpholine rings is 1. The molecule has 0 amide bonds. The van der Waals surface area contributed by atoms with Crippen molar-refractivity contribution in [2.24, 2.45) is 4.99 Å². The summed E-state index contributed by atoms with van der Waals surface area (Å²) in [6.45, 7) is 6.10. The minimum Gasteiger partial charge on any atom is -0.378 e. The van der Waals surface area contributed by atoms with E-state index in [4.69, 9.17) is 16.3 Å². The van der Waals surface area contributed by atoms with Crippen LogP contribution in [0.5, 0.6) is 0 Å². The van der Waals surface area contributed by atoms with Gasteiger partial charge in [0.15, 0.2) is 5.96 Å². The van der Waals surface area contributed by atoms with E-state index in [1.807, 2.05) is 12.1 Å². The maximum absolute atomic E-state index is 6.19. The lowest BCUT2D eigenvalue weighted by Crippen LogP contribution is -2.42. The second-order valence-electron chi connectivity index (χ2n) is 5.71. The normalized spacial score (nSPS) is 19.1. The summed E-state index contributed by atoms with van der Waals surface area (Å²) in [5, 5.41) is 4.22. The summed E-state index contributed by atoms with van der Waals surface area (Å²) in [5.41, 5.74) is 2.44. The van der Waals surface area contributed by atoms with Gasteiger partial charge in [-0.25, -0.2) is 0 Å². The molecule has 3 rings (SSSR count). The average molecular weight is 323 g/mol. The van der Waals surface area contributed by atoms with Crippen LogP contribution >= 0.6 is 11.6 Å². The van der Waals surface area contributed by atoms with Gasteiger partial charge in [0.05, 0.1) is 13.2 Å². The van der Waals surface area contributed by atoms with Crippen LogP contribution in [0.25, 0.3) is 0 Å². The molecule has 22 heavy (non-hydrogen) atoms. The Balaban J connectivity index is 1.74. The lowest BCUT2D eigenvalue weighted by Gasteiger charge is -2.31. The third-order valence-corrected chi connectivity index (χ3v) is 4.34. The minimum atomic E-state index is 0.733.